The number of hydrogen-bond donors (Lipinski definition) is 1. The molecule has 0 aromatic heterocycles. The lowest BCUT2D eigenvalue weighted by Crippen LogP contribution is -2.51. The number of hydrogen-bond acceptors (Lipinski definition) is 4. The second-order valence-corrected chi connectivity index (χ2v) is 11.7. The van der Waals surface area contributed by atoms with Crippen LogP contribution in [0.1, 0.15) is 25.0 Å². The van der Waals surface area contributed by atoms with Crippen LogP contribution in [0.2, 0.25) is 15.1 Å². The molecule has 0 spiro atoms. The topological polar surface area (TPSA) is 86.8 Å². The zero-order chi connectivity index (χ0) is 28.0. The molecule has 11 heteroatoms. The van der Waals surface area contributed by atoms with Crippen LogP contribution in [-0.4, -0.2) is 44.3 Å². The molecule has 0 aliphatic rings. The molecule has 0 aliphatic heterocycles. The van der Waals surface area contributed by atoms with Gasteiger partial charge in [0.2, 0.25) is 11.8 Å². The van der Waals surface area contributed by atoms with Gasteiger partial charge in [-0.2, -0.15) is 0 Å². The number of carbonyl (C=O) groups is 2. The van der Waals surface area contributed by atoms with Gasteiger partial charge in [-0.1, -0.05) is 64.6 Å². The smallest absolute Gasteiger partial charge is 0.264 e. The molecule has 2 amide bonds. The molecule has 0 heterocycles. The Kier molecular flexibility index (Phi) is 10.1. The number of benzene rings is 3. The van der Waals surface area contributed by atoms with Gasteiger partial charge in [0, 0.05) is 33.7 Å². The molecule has 0 radical (unpaired) electrons. The molecule has 202 valence electrons. The van der Waals surface area contributed by atoms with Crippen LogP contribution in [0.15, 0.2) is 71.6 Å². The first kappa shape index (κ1) is 29.8. The van der Waals surface area contributed by atoms with Crippen LogP contribution in [0.5, 0.6) is 0 Å². The Morgan fingerprint density at radius 2 is 1.55 bits per heavy atom. The standard InChI is InChI=1S/C27H28Cl3N3O4S/c1-4-31-27(35)19(3)32(16-23-24(29)9-6-10-25(23)30)26(34)17-33(21-8-5-7-20(28)15-21)38(36,37)22-13-11-18(2)12-14-22/h5-15,19H,4,16-17H2,1-3H3,(H,31,35)/t19-/m1/s1. The van der Waals surface area contributed by atoms with Crippen molar-refractivity contribution in [3.8, 4) is 0 Å². The van der Waals surface area contributed by atoms with E-state index in [0.29, 0.717) is 27.2 Å². The largest absolute Gasteiger partial charge is 0.355 e. The Morgan fingerprint density at radius 3 is 2.13 bits per heavy atom. The van der Waals surface area contributed by atoms with E-state index >= 15 is 0 Å². The molecule has 0 saturated carbocycles. The number of halogens is 3. The van der Waals surface area contributed by atoms with E-state index in [9.17, 15) is 18.0 Å². The lowest BCUT2D eigenvalue weighted by molar-refractivity contribution is -0.139. The maximum atomic E-state index is 13.8. The number of nitrogens with zero attached hydrogens (tertiary/aromatic N) is 2. The van der Waals surface area contributed by atoms with Crippen LogP contribution >= 0.6 is 34.8 Å². The van der Waals surface area contributed by atoms with Crippen molar-refractivity contribution in [1.29, 1.82) is 0 Å². The molecule has 3 aromatic carbocycles. The van der Waals surface area contributed by atoms with Gasteiger partial charge in [-0.3, -0.25) is 13.9 Å². The van der Waals surface area contributed by atoms with Gasteiger partial charge in [0.15, 0.2) is 0 Å². The third-order valence-electron chi connectivity index (χ3n) is 5.89. The molecule has 7 nitrogen and oxygen atoms in total. The van der Waals surface area contributed by atoms with Crippen molar-refractivity contribution in [2.24, 2.45) is 0 Å². The normalized spacial score (nSPS) is 12.1. The summed E-state index contributed by atoms with van der Waals surface area (Å²) in [4.78, 5) is 27.9. The van der Waals surface area contributed by atoms with Crippen molar-refractivity contribution in [2.75, 3.05) is 17.4 Å². The highest BCUT2D eigenvalue weighted by Gasteiger charge is 2.33. The predicted octanol–water partition coefficient (Wildman–Crippen LogP) is 5.70. The fraction of sp³-hybridized carbons (Fsp3) is 0.259. The summed E-state index contributed by atoms with van der Waals surface area (Å²) in [6, 6.07) is 16.5. The minimum atomic E-state index is -4.19. The zero-order valence-corrected chi connectivity index (χ0v) is 24.2. The number of rotatable bonds is 10. The van der Waals surface area contributed by atoms with Gasteiger partial charge in [-0.15, -0.1) is 0 Å². The Labute approximate surface area is 238 Å². The Balaban J connectivity index is 2.07. The molecule has 3 rings (SSSR count). The van der Waals surface area contributed by atoms with E-state index < -0.39 is 34.4 Å². The number of aryl methyl sites for hydroxylation is 1. The van der Waals surface area contributed by atoms with Crippen molar-refractivity contribution in [1.82, 2.24) is 10.2 Å². The SMILES string of the molecule is CCNC(=O)[C@@H](C)N(Cc1c(Cl)cccc1Cl)C(=O)CN(c1cccc(Cl)c1)S(=O)(=O)c1ccc(C)cc1. The first-order valence-corrected chi connectivity index (χ1v) is 14.4. The highest BCUT2D eigenvalue weighted by molar-refractivity contribution is 7.92. The van der Waals surface area contributed by atoms with E-state index in [1.165, 1.54) is 23.1 Å². The average Bonchev–Trinajstić information content (AvgIpc) is 2.87. The molecule has 3 aromatic rings. The van der Waals surface area contributed by atoms with Crippen LogP contribution in [0.3, 0.4) is 0 Å². The van der Waals surface area contributed by atoms with E-state index in [0.717, 1.165) is 9.87 Å². The van der Waals surface area contributed by atoms with Crippen LogP contribution in [0.4, 0.5) is 5.69 Å². The van der Waals surface area contributed by atoms with Gasteiger partial charge >= 0.3 is 0 Å². The summed E-state index contributed by atoms with van der Waals surface area (Å²) >= 11 is 18.9. The second kappa shape index (κ2) is 12.8. The summed E-state index contributed by atoms with van der Waals surface area (Å²) in [5.41, 5.74) is 1.52. The fourth-order valence-electron chi connectivity index (χ4n) is 3.76. The van der Waals surface area contributed by atoms with E-state index in [2.05, 4.69) is 5.32 Å². The third-order valence-corrected chi connectivity index (χ3v) is 8.62. The van der Waals surface area contributed by atoms with E-state index in [1.54, 1.807) is 62.4 Å². The molecule has 0 saturated heterocycles. The first-order chi connectivity index (χ1) is 17.9. The van der Waals surface area contributed by atoms with Crippen LogP contribution in [-0.2, 0) is 26.2 Å². The molecule has 1 N–H and O–H groups in total. The molecule has 0 bridgehead atoms. The second-order valence-electron chi connectivity index (χ2n) is 8.60. The minimum absolute atomic E-state index is 0.00773. The highest BCUT2D eigenvalue weighted by Crippen LogP contribution is 2.29. The van der Waals surface area contributed by atoms with Gasteiger partial charge in [0.25, 0.3) is 10.0 Å². The van der Waals surface area contributed by atoms with E-state index in [-0.39, 0.29) is 17.1 Å². The van der Waals surface area contributed by atoms with Crippen molar-refractivity contribution < 1.29 is 18.0 Å². The maximum Gasteiger partial charge on any atom is 0.264 e. The molecular formula is C27H28Cl3N3O4S. The van der Waals surface area contributed by atoms with Crippen LogP contribution < -0.4 is 9.62 Å². The Hall–Kier alpha value is -2.78. The van der Waals surface area contributed by atoms with Crippen LogP contribution in [0, 0.1) is 6.92 Å². The number of anilines is 1. The molecule has 0 unspecified atom stereocenters. The summed E-state index contributed by atoms with van der Waals surface area (Å²) in [6.45, 7) is 4.82. The zero-order valence-electron chi connectivity index (χ0n) is 21.1. The van der Waals surface area contributed by atoms with Crippen molar-refractivity contribution in [2.45, 2.75) is 38.3 Å². The Morgan fingerprint density at radius 1 is 0.947 bits per heavy atom. The molecule has 38 heavy (non-hydrogen) atoms. The van der Waals surface area contributed by atoms with Crippen LogP contribution in [0.25, 0.3) is 0 Å². The number of amides is 2. The monoisotopic (exact) mass is 595 g/mol. The molecule has 0 fully saturated rings. The van der Waals surface area contributed by atoms with Crippen molar-refractivity contribution >= 4 is 62.3 Å². The summed E-state index contributed by atoms with van der Waals surface area (Å²) < 4.78 is 28.5. The lowest BCUT2D eigenvalue weighted by atomic mass is 10.1. The van der Waals surface area contributed by atoms with Gasteiger partial charge in [-0.25, -0.2) is 8.42 Å². The first-order valence-electron chi connectivity index (χ1n) is 11.8. The summed E-state index contributed by atoms with van der Waals surface area (Å²) in [5, 5.41) is 3.64. The van der Waals surface area contributed by atoms with E-state index in [1.807, 2.05) is 6.92 Å². The van der Waals surface area contributed by atoms with Gasteiger partial charge in [0.05, 0.1) is 10.6 Å². The minimum Gasteiger partial charge on any atom is -0.355 e. The maximum absolute atomic E-state index is 13.8. The number of sulfonamides is 1. The Bertz CT molecular complexity index is 1400. The number of carbonyl (C=O) groups excluding carboxylic acids is 2. The third kappa shape index (κ3) is 6.99. The quantitative estimate of drug-likeness (QED) is 0.325. The molecular weight excluding hydrogens is 569 g/mol. The van der Waals surface area contributed by atoms with Gasteiger partial charge in [0.1, 0.15) is 12.6 Å². The molecule has 0 aliphatic carbocycles. The molecule has 1 atom stereocenters. The number of likely N-dealkylation sites (N-methyl/N-ethyl adjacent to an activating group) is 1. The fourth-order valence-corrected chi connectivity index (χ4v) is 5.86. The highest BCUT2D eigenvalue weighted by atomic mass is 35.5. The summed E-state index contributed by atoms with van der Waals surface area (Å²) in [7, 11) is -4.19. The van der Waals surface area contributed by atoms with Crippen molar-refractivity contribution in [3.05, 3.63) is 92.9 Å². The van der Waals surface area contributed by atoms with Gasteiger partial charge in [-0.05, 0) is 63.2 Å². The summed E-state index contributed by atoms with van der Waals surface area (Å²) in [5.74, 6) is -1.03. The lowest BCUT2D eigenvalue weighted by Gasteiger charge is -2.32. The van der Waals surface area contributed by atoms with Gasteiger partial charge < -0.3 is 10.2 Å². The summed E-state index contributed by atoms with van der Waals surface area (Å²) in [6.07, 6.45) is 0. The van der Waals surface area contributed by atoms with E-state index in [4.69, 9.17) is 34.8 Å². The number of nitrogens with one attached hydrogen (secondary N) is 1. The average molecular weight is 597 g/mol. The van der Waals surface area contributed by atoms with Crippen molar-refractivity contribution in [3.63, 3.8) is 0 Å². The predicted molar refractivity (Wildman–Crippen MR) is 152 cm³/mol.